The maximum absolute atomic E-state index is 13.2. The van der Waals surface area contributed by atoms with Gasteiger partial charge in [-0.15, -0.1) is 0 Å². The SMILES string of the molecule is COc1ccccc1NC(=O)c1c(=O)[nH]n2c(=O)c(C)c(C(F)(F)F)[nH]c12. The summed E-state index contributed by atoms with van der Waals surface area (Å²) in [4.78, 5) is 38.8. The van der Waals surface area contributed by atoms with E-state index in [-0.39, 0.29) is 11.4 Å². The number of fused-ring (bicyclic) bond motifs is 1. The van der Waals surface area contributed by atoms with E-state index in [1.807, 2.05) is 4.98 Å². The fourth-order valence-corrected chi connectivity index (χ4v) is 2.62. The summed E-state index contributed by atoms with van der Waals surface area (Å²) in [5, 5.41) is 4.46. The Morgan fingerprint density at radius 1 is 1.22 bits per heavy atom. The highest BCUT2D eigenvalue weighted by atomic mass is 19.4. The third kappa shape index (κ3) is 3.07. The second-order valence-electron chi connectivity index (χ2n) is 5.58. The Hall–Kier alpha value is -3.50. The monoisotopic (exact) mass is 382 g/mol. The van der Waals surface area contributed by atoms with Gasteiger partial charge in [-0.05, 0) is 19.1 Å². The van der Waals surface area contributed by atoms with E-state index in [1.165, 1.54) is 13.2 Å². The largest absolute Gasteiger partial charge is 0.495 e. The van der Waals surface area contributed by atoms with E-state index in [2.05, 4.69) is 10.4 Å². The predicted molar refractivity (Wildman–Crippen MR) is 89.3 cm³/mol. The second-order valence-corrected chi connectivity index (χ2v) is 5.58. The summed E-state index contributed by atoms with van der Waals surface area (Å²) in [6.45, 7) is 0.966. The fourth-order valence-electron chi connectivity index (χ4n) is 2.62. The third-order valence-corrected chi connectivity index (χ3v) is 3.91. The Kier molecular flexibility index (Phi) is 4.30. The number of amides is 1. The summed E-state index contributed by atoms with van der Waals surface area (Å²) < 4.78 is 45.1. The summed E-state index contributed by atoms with van der Waals surface area (Å²) in [5.41, 5.74) is -5.14. The molecule has 142 valence electrons. The van der Waals surface area contributed by atoms with Gasteiger partial charge in [0.05, 0.1) is 12.8 Å². The Morgan fingerprint density at radius 3 is 2.52 bits per heavy atom. The number of methoxy groups -OCH3 is 1. The average Bonchev–Trinajstić information content (AvgIpc) is 2.94. The van der Waals surface area contributed by atoms with Gasteiger partial charge in [-0.3, -0.25) is 19.5 Å². The number of alkyl halides is 3. The molecule has 1 aromatic carbocycles. The molecule has 2 aromatic heterocycles. The van der Waals surface area contributed by atoms with Crippen LogP contribution in [-0.4, -0.2) is 27.6 Å². The Labute approximate surface area is 148 Å². The zero-order valence-corrected chi connectivity index (χ0v) is 14.0. The number of carbonyl (C=O) groups excluding carboxylic acids is 1. The molecule has 0 radical (unpaired) electrons. The molecule has 3 aromatic rings. The van der Waals surface area contributed by atoms with Crippen molar-refractivity contribution in [3.63, 3.8) is 0 Å². The molecule has 0 aliphatic carbocycles. The normalized spacial score (nSPS) is 11.6. The molecule has 2 heterocycles. The minimum Gasteiger partial charge on any atom is -0.495 e. The van der Waals surface area contributed by atoms with Crippen LogP contribution in [0.25, 0.3) is 5.65 Å². The Bertz CT molecular complexity index is 1160. The molecule has 0 bridgehead atoms. The van der Waals surface area contributed by atoms with Gasteiger partial charge in [0.2, 0.25) is 0 Å². The van der Waals surface area contributed by atoms with E-state index in [0.29, 0.717) is 4.52 Å². The maximum atomic E-state index is 13.2. The molecular formula is C16H13F3N4O4. The predicted octanol–water partition coefficient (Wildman–Crippen LogP) is 1.90. The molecule has 0 unspecified atom stereocenters. The van der Waals surface area contributed by atoms with Crippen molar-refractivity contribution in [1.82, 2.24) is 14.6 Å². The number of anilines is 1. The van der Waals surface area contributed by atoms with Gasteiger partial charge in [-0.1, -0.05) is 12.1 Å². The van der Waals surface area contributed by atoms with Crippen LogP contribution in [0.2, 0.25) is 0 Å². The molecule has 0 fully saturated rings. The molecular weight excluding hydrogens is 369 g/mol. The van der Waals surface area contributed by atoms with Crippen molar-refractivity contribution in [2.45, 2.75) is 13.1 Å². The highest BCUT2D eigenvalue weighted by Crippen LogP contribution is 2.29. The van der Waals surface area contributed by atoms with Crippen LogP contribution in [0.4, 0.5) is 18.9 Å². The molecule has 0 aliphatic heterocycles. The average molecular weight is 382 g/mol. The minimum absolute atomic E-state index is 0.203. The van der Waals surface area contributed by atoms with Gasteiger partial charge in [0.15, 0.2) is 5.65 Å². The van der Waals surface area contributed by atoms with E-state index >= 15 is 0 Å². The lowest BCUT2D eigenvalue weighted by molar-refractivity contribution is -0.141. The zero-order valence-electron chi connectivity index (χ0n) is 14.0. The quantitative estimate of drug-likeness (QED) is 0.643. The molecule has 0 saturated carbocycles. The van der Waals surface area contributed by atoms with Crippen molar-refractivity contribution >= 4 is 17.2 Å². The van der Waals surface area contributed by atoms with Gasteiger partial charge in [0, 0.05) is 5.56 Å². The number of para-hydroxylation sites is 2. The highest BCUT2D eigenvalue weighted by molar-refractivity contribution is 6.08. The topological polar surface area (TPSA) is 108 Å². The number of aromatic amines is 2. The van der Waals surface area contributed by atoms with Crippen LogP contribution in [0.5, 0.6) is 5.75 Å². The van der Waals surface area contributed by atoms with Gasteiger partial charge < -0.3 is 15.0 Å². The number of ether oxygens (including phenoxy) is 1. The molecule has 0 spiro atoms. The first kappa shape index (κ1) is 18.3. The lowest BCUT2D eigenvalue weighted by atomic mass is 10.2. The molecule has 3 rings (SSSR count). The van der Waals surface area contributed by atoms with Crippen LogP contribution in [0.3, 0.4) is 0 Å². The van der Waals surface area contributed by atoms with Gasteiger partial charge in [0.1, 0.15) is 17.0 Å². The lowest BCUT2D eigenvalue weighted by Gasteiger charge is -2.11. The number of rotatable bonds is 3. The van der Waals surface area contributed by atoms with Crippen LogP contribution in [0, 0.1) is 6.92 Å². The molecule has 3 N–H and O–H groups in total. The van der Waals surface area contributed by atoms with Crippen molar-refractivity contribution in [2.24, 2.45) is 0 Å². The van der Waals surface area contributed by atoms with Crippen LogP contribution in [-0.2, 0) is 6.18 Å². The van der Waals surface area contributed by atoms with E-state index in [0.717, 1.165) is 6.92 Å². The number of hydrogen-bond donors (Lipinski definition) is 3. The number of carbonyl (C=O) groups is 1. The summed E-state index contributed by atoms with van der Waals surface area (Å²) in [7, 11) is 1.36. The fraction of sp³-hybridized carbons (Fsp3) is 0.188. The van der Waals surface area contributed by atoms with Gasteiger partial charge in [0.25, 0.3) is 17.0 Å². The van der Waals surface area contributed by atoms with Crippen molar-refractivity contribution in [1.29, 1.82) is 0 Å². The smallest absolute Gasteiger partial charge is 0.431 e. The van der Waals surface area contributed by atoms with Crippen molar-refractivity contribution in [3.05, 3.63) is 61.8 Å². The van der Waals surface area contributed by atoms with E-state index in [9.17, 15) is 27.6 Å². The minimum atomic E-state index is -4.87. The number of halogens is 3. The number of aromatic nitrogens is 3. The molecule has 0 atom stereocenters. The first-order valence-electron chi connectivity index (χ1n) is 7.54. The zero-order chi connectivity index (χ0) is 19.9. The molecule has 1 amide bonds. The molecule has 8 nitrogen and oxygen atoms in total. The van der Waals surface area contributed by atoms with Crippen LogP contribution < -0.4 is 21.2 Å². The summed E-state index contributed by atoms with van der Waals surface area (Å²) >= 11 is 0. The molecule has 0 aliphatic rings. The first-order valence-corrected chi connectivity index (χ1v) is 7.54. The van der Waals surface area contributed by atoms with E-state index in [4.69, 9.17) is 4.74 Å². The lowest BCUT2D eigenvalue weighted by Crippen LogP contribution is -2.25. The van der Waals surface area contributed by atoms with E-state index in [1.54, 1.807) is 18.2 Å². The molecule has 27 heavy (non-hydrogen) atoms. The number of nitrogens with one attached hydrogen (secondary N) is 3. The highest BCUT2D eigenvalue weighted by Gasteiger charge is 2.36. The van der Waals surface area contributed by atoms with Gasteiger partial charge >= 0.3 is 6.18 Å². The molecule has 11 heteroatoms. The van der Waals surface area contributed by atoms with Gasteiger partial charge in [-0.2, -0.15) is 17.7 Å². The Balaban J connectivity index is 2.18. The van der Waals surface area contributed by atoms with Crippen molar-refractivity contribution < 1.29 is 22.7 Å². The van der Waals surface area contributed by atoms with Crippen molar-refractivity contribution in [2.75, 3.05) is 12.4 Å². The standard InChI is InChI=1S/C16H13F3N4O4/c1-7-11(16(17,18)19)21-12-10(14(25)22-23(12)15(7)26)13(24)20-8-5-3-4-6-9(8)27-2/h3-6,21H,1-2H3,(H,20,24)(H,22,25). The van der Waals surface area contributed by atoms with E-state index < -0.39 is 45.7 Å². The third-order valence-electron chi connectivity index (χ3n) is 3.91. The maximum Gasteiger partial charge on any atom is 0.431 e. The number of hydrogen-bond acceptors (Lipinski definition) is 4. The number of H-pyrrole nitrogens is 2. The molecule has 0 saturated heterocycles. The van der Waals surface area contributed by atoms with Crippen LogP contribution >= 0.6 is 0 Å². The Morgan fingerprint density at radius 2 is 1.89 bits per heavy atom. The first-order chi connectivity index (χ1) is 12.6. The second kappa shape index (κ2) is 6.34. The summed E-state index contributed by atoms with van der Waals surface area (Å²) in [5.74, 6) is -0.720. The summed E-state index contributed by atoms with van der Waals surface area (Å²) in [6.07, 6.45) is -4.87. The van der Waals surface area contributed by atoms with Crippen molar-refractivity contribution in [3.8, 4) is 5.75 Å². The van der Waals surface area contributed by atoms with Gasteiger partial charge in [-0.25, -0.2) is 0 Å². The summed E-state index contributed by atoms with van der Waals surface area (Å²) in [6, 6.07) is 6.26. The number of nitrogens with zero attached hydrogens (tertiary/aromatic N) is 1. The van der Waals surface area contributed by atoms with Crippen LogP contribution in [0.1, 0.15) is 21.6 Å². The number of benzene rings is 1. The van der Waals surface area contributed by atoms with Crippen LogP contribution in [0.15, 0.2) is 33.9 Å².